The van der Waals surface area contributed by atoms with Crippen LogP contribution >= 0.6 is 0 Å². The van der Waals surface area contributed by atoms with Crippen molar-refractivity contribution in [3.63, 3.8) is 0 Å². The van der Waals surface area contributed by atoms with E-state index in [9.17, 15) is 0 Å². The molecule has 1 atom stereocenters. The van der Waals surface area contributed by atoms with Crippen molar-refractivity contribution in [1.29, 1.82) is 5.26 Å². The van der Waals surface area contributed by atoms with E-state index >= 15 is 0 Å². The highest BCUT2D eigenvalue weighted by atomic mass is 16.4. The van der Waals surface area contributed by atoms with Crippen molar-refractivity contribution in [3.05, 3.63) is 0 Å². The van der Waals surface area contributed by atoms with Crippen LogP contribution in [0.2, 0.25) is 0 Å². The first-order chi connectivity index (χ1) is 5.60. The van der Waals surface area contributed by atoms with Gasteiger partial charge in [-0.2, -0.15) is 5.26 Å². The average molecular weight is 166 g/mol. The van der Waals surface area contributed by atoms with Crippen LogP contribution in [0.1, 0.15) is 33.1 Å². The Morgan fingerprint density at radius 3 is 2.75 bits per heavy atom. The van der Waals surface area contributed by atoms with Gasteiger partial charge in [0.1, 0.15) is 0 Å². The fraction of sp³-hybridized carbons (Fsp3) is 0.778. The monoisotopic (exact) mass is 166 g/mol. The third-order valence-corrected chi connectivity index (χ3v) is 2.71. The topological polar surface area (TPSA) is 56.4 Å². The van der Waals surface area contributed by atoms with Gasteiger partial charge in [0.15, 0.2) is 0 Å². The summed E-state index contributed by atoms with van der Waals surface area (Å²) in [5.41, 5.74) is 0.551. The maximum absolute atomic E-state index is 8.86. The molecule has 1 aliphatic carbocycles. The van der Waals surface area contributed by atoms with Crippen molar-refractivity contribution in [2.45, 2.75) is 33.1 Å². The van der Waals surface area contributed by atoms with E-state index in [-0.39, 0.29) is 5.41 Å². The summed E-state index contributed by atoms with van der Waals surface area (Å²) in [5, 5.41) is 20.6. The molecule has 3 nitrogen and oxygen atoms in total. The van der Waals surface area contributed by atoms with E-state index in [0.29, 0.717) is 5.92 Å². The summed E-state index contributed by atoms with van der Waals surface area (Å²) in [6.07, 6.45) is 2.59. The van der Waals surface area contributed by atoms with Crippen LogP contribution in [0.4, 0.5) is 0 Å². The van der Waals surface area contributed by atoms with Gasteiger partial charge in [-0.1, -0.05) is 5.16 Å². The van der Waals surface area contributed by atoms with Crippen LogP contribution in [-0.4, -0.2) is 10.9 Å². The number of rotatable bonds is 1. The highest BCUT2D eigenvalue weighted by molar-refractivity contribution is 5.86. The second-order valence-electron chi connectivity index (χ2n) is 3.94. The average Bonchev–Trinajstić information content (AvgIpc) is 2.52. The quantitative estimate of drug-likeness (QED) is 0.479. The molecule has 0 spiro atoms. The molecule has 3 heteroatoms. The molecular formula is C9H14N2O. The maximum atomic E-state index is 8.86. The van der Waals surface area contributed by atoms with Gasteiger partial charge in [0, 0.05) is 0 Å². The lowest BCUT2D eigenvalue weighted by atomic mass is 9.79. The van der Waals surface area contributed by atoms with Crippen LogP contribution in [0.15, 0.2) is 5.16 Å². The largest absolute Gasteiger partial charge is 0.411 e. The van der Waals surface area contributed by atoms with Crippen molar-refractivity contribution in [2.75, 3.05) is 0 Å². The van der Waals surface area contributed by atoms with Gasteiger partial charge in [0.2, 0.25) is 0 Å². The zero-order chi connectivity index (χ0) is 9.19. The van der Waals surface area contributed by atoms with Gasteiger partial charge in [-0.3, -0.25) is 0 Å². The van der Waals surface area contributed by atoms with E-state index in [0.717, 1.165) is 25.0 Å². The Balaban J connectivity index is 2.65. The second-order valence-corrected chi connectivity index (χ2v) is 3.94. The van der Waals surface area contributed by atoms with Crippen LogP contribution in [0.3, 0.4) is 0 Å². The Morgan fingerprint density at radius 1 is 1.67 bits per heavy atom. The number of nitrogens with zero attached hydrogens (tertiary/aromatic N) is 2. The smallest absolute Gasteiger partial charge is 0.0686 e. The highest BCUT2D eigenvalue weighted by Crippen LogP contribution is 2.37. The minimum absolute atomic E-state index is 0.285. The number of oxime groups is 1. The Morgan fingerprint density at radius 2 is 2.33 bits per heavy atom. The minimum atomic E-state index is -0.285. The summed E-state index contributed by atoms with van der Waals surface area (Å²) in [7, 11) is 0. The molecule has 0 heterocycles. The summed E-state index contributed by atoms with van der Waals surface area (Å²) in [6, 6.07) is 2.29. The molecular weight excluding hydrogens is 152 g/mol. The molecule has 1 aliphatic rings. The summed E-state index contributed by atoms with van der Waals surface area (Å²) in [6.45, 7) is 3.88. The van der Waals surface area contributed by atoms with Gasteiger partial charge in [0.25, 0.3) is 0 Å². The molecule has 0 bridgehead atoms. The Labute approximate surface area is 72.7 Å². The third-order valence-electron chi connectivity index (χ3n) is 2.71. The molecule has 0 aromatic rings. The molecule has 1 rings (SSSR count). The Bertz CT molecular complexity index is 237. The lowest BCUT2D eigenvalue weighted by molar-refractivity contribution is 0.301. The molecule has 66 valence electrons. The number of hydrogen-bond acceptors (Lipinski definition) is 3. The normalized spacial score (nSPS) is 27.4. The highest BCUT2D eigenvalue weighted by Gasteiger charge is 2.34. The standard InChI is InChI=1S/C9H14N2O/c1-9(2,6-10)7-3-4-8(5-7)11-12/h7,12H,3-5H2,1-2H3/b11-8-/t7-/m1/s1. The van der Waals surface area contributed by atoms with Crippen LogP contribution in [-0.2, 0) is 0 Å². The molecule has 0 unspecified atom stereocenters. The van der Waals surface area contributed by atoms with Gasteiger partial charge in [-0.05, 0) is 39.0 Å². The zero-order valence-corrected chi connectivity index (χ0v) is 7.54. The predicted molar refractivity (Wildman–Crippen MR) is 46.0 cm³/mol. The fourth-order valence-corrected chi connectivity index (χ4v) is 1.63. The molecule has 1 N–H and O–H groups in total. The van der Waals surface area contributed by atoms with E-state index in [1.54, 1.807) is 0 Å². The molecule has 0 saturated heterocycles. The second kappa shape index (κ2) is 3.14. The first-order valence-electron chi connectivity index (χ1n) is 4.21. The van der Waals surface area contributed by atoms with Crippen LogP contribution in [0, 0.1) is 22.7 Å². The summed E-state index contributed by atoms with van der Waals surface area (Å²) < 4.78 is 0. The molecule has 1 saturated carbocycles. The van der Waals surface area contributed by atoms with Gasteiger partial charge < -0.3 is 5.21 Å². The van der Waals surface area contributed by atoms with E-state index < -0.39 is 0 Å². The van der Waals surface area contributed by atoms with Gasteiger partial charge in [-0.25, -0.2) is 0 Å². The van der Waals surface area contributed by atoms with Crippen molar-refractivity contribution in [3.8, 4) is 6.07 Å². The van der Waals surface area contributed by atoms with Gasteiger partial charge >= 0.3 is 0 Å². The van der Waals surface area contributed by atoms with E-state index in [2.05, 4.69) is 11.2 Å². The van der Waals surface area contributed by atoms with Crippen LogP contribution < -0.4 is 0 Å². The molecule has 1 fully saturated rings. The fourth-order valence-electron chi connectivity index (χ4n) is 1.63. The lowest BCUT2D eigenvalue weighted by Gasteiger charge is -2.22. The molecule has 0 amide bonds. The van der Waals surface area contributed by atoms with Crippen molar-refractivity contribution in [1.82, 2.24) is 0 Å². The third kappa shape index (κ3) is 1.58. The Hall–Kier alpha value is -1.04. The summed E-state index contributed by atoms with van der Waals surface area (Å²) in [4.78, 5) is 0. The van der Waals surface area contributed by atoms with Gasteiger partial charge in [-0.15, -0.1) is 0 Å². The van der Waals surface area contributed by atoms with Crippen LogP contribution in [0.5, 0.6) is 0 Å². The molecule has 12 heavy (non-hydrogen) atoms. The van der Waals surface area contributed by atoms with Crippen molar-refractivity contribution in [2.24, 2.45) is 16.5 Å². The first kappa shape index (κ1) is 9.05. The molecule has 0 aromatic heterocycles. The van der Waals surface area contributed by atoms with Gasteiger partial charge in [0.05, 0.1) is 17.2 Å². The SMILES string of the molecule is CC(C)(C#N)[C@@H]1CC/C(=N/O)C1. The molecule has 0 radical (unpaired) electrons. The molecule has 0 aliphatic heterocycles. The predicted octanol–water partition coefficient (Wildman–Crippen LogP) is 2.17. The van der Waals surface area contributed by atoms with E-state index in [4.69, 9.17) is 10.5 Å². The number of nitriles is 1. The zero-order valence-electron chi connectivity index (χ0n) is 7.54. The van der Waals surface area contributed by atoms with E-state index in [1.165, 1.54) is 0 Å². The van der Waals surface area contributed by atoms with Crippen molar-refractivity contribution >= 4 is 5.71 Å². The minimum Gasteiger partial charge on any atom is -0.411 e. The summed E-state index contributed by atoms with van der Waals surface area (Å²) in [5.74, 6) is 0.355. The lowest BCUT2D eigenvalue weighted by Crippen LogP contribution is -2.19. The first-order valence-corrected chi connectivity index (χ1v) is 4.21. The maximum Gasteiger partial charge on any atom is 0.0686 e. The molecule has 0 aromatic carbocycles. The summed E-state index contributed by atoms with van der Waals surface area (Å²) >= 11 is 0. The Kier molecular flexibility index (Phi) is 2.37. The van der Waals surface area contributed by atoms with E-state index in [1.807, 2.05) is 13.8 Å². The van der Waals surface area contributed by atoms with Crippen molar-refractivity contribution < 1.29 is 5.21 Å². The number of hydrogen-bond donors (Lipinski definition) is 1. The van der Waals surface area contributed by atoms with Crippen LogP contribution in [0.25, 0.3) is 0 Å².